The molecule has 104 valence electrons. The molecule has 1 aromatic carbocycles. The molecule has 2 rings (SSSR count). The monoisotopic (exact) mass is 262 g/mol. The number of nitrogens with zero attached hydrogens (tertiary/aromatic N) is 1. The van der Waals surface area contributed by atoms with Crippen LogP contribution in [0.1, 0.15) is 29.8 Å². The number of nitrogens with two attached hydrogens (primary N) is 1. The van der Waals surface area contributed by atoms with E-state index in [4.69, 9.17) is 10.5 Å². The summed E-state index contributed by atoms with van der Waals surface area (Å²) in [5, 5.41) is 0. The van der Waals surface area contributed by atoms with Gasteiger partial charge in [-0.2, -0.15) is 0 Å². The van der Waals surface area contributed by atoms with Crippen molar-refractivity contribution in [2.24, 2.45) is 5.73 Å². The first-order valence-corrected chi connectivity index (χ1v) is 6.74. The predicted octanol–water partition coefficient (Wildman–Crippen LogP) is 1.44. The number of benzene rings is 1. The van der Waals surface area contributed by atoms with E-state index in [1.54, 1.807) is 0 Å². The van der Waals surface area contributed by atoms with E-state index in [9.17, 15) is 4.79 Å². The van der Waals surface area contributed by atoms with Gasteiger partial charge in [0.15, 0.2) is 0 Å². The van der Waals surface area contributed by atoms with E-state index >= 15 is 0 Å². The third-order valence-electron chi connectivity index (χ3n) is 3.55. The molecule has 0 aliphatic carbocycles. The molecule has 0 atom stereocenters. The lowest BCUT2D eigenvalue weighted by molar-refractivity contribution is -0.0371. The minimum Gasteiger partial charge on any atom is -0.377 e. The molecule has 1 amide bonds. The quantitative estimate of drug-likeness (QED) is 0.896. The summed E-state index contributed by atoms with van der Waals surface area (Å²) in [6, 6.07) is 7.72. The SMILES string of the molecule is CC1(C)COCCN1C(=O)c1ccccc1CCN. The molecule has 1 fully saturated rings. The molecule has 4 nitrogen and oxygen atoms in total. The minimum absolute atomic E-state index is 0.0809. The van der Waals surface area contributed by atoms with Crippen molar-refractivity contribution < 1.29 is 9.53 Å². The predicted molar refractivity (Wildman–Crippen MR) is 75.1 cm³/mol. The summed E-state index contributed by atoms with van der Waals surface area (Å²) in [6.07, 6.45) is 0.729. The molecule has 0 radical (unpaired) electrons. The Morgan fingerprint density at radius 3 is 2.84 bits per heavy atom. The van der Waals surface area contributed by atoms with Gasteiger partial charge in [-0.3, -0.25) is 4.79 Å². The fourth-order valence-corrected chi connectivity index (χ4v) is 2.48. The van der Waals surface area contributed by atoms with Gasteiger partial charge >= 0.3 is 0 Å². The molecule has 0 unspecified atom stereocenters. The van der Waals surface area contributed by atoms with Crippen LogP contribution in [0.4, 0.5) is 0 Å². The van der Waals surface area contributed by atoms with Crippen molar-refractivity contribution in [2.75, 3.05) is 26.3 Å². The van der Waals surface area contributed by atoms with Gasteiger partial charge in [0.1, 0.15) is 0 Å². The lowest BCUT2D eigenvalue weighted by Gasteiger charge is -2.42. The Balaban J connectivity index is 2.28. The van der Waals surface area contributed by atoms with Gasteiger partial charge in [-0.05, 0) is 38.4 Å². The van der Waals surface area contributed by atoms with Gasteiger partial charge in [-0.25, -0.2) is 0 Å². The summed E-state index contributed by atoms with van der Waals surface area (Å²) in [4.78, 5) is 14.6. The Morgan fingerprint density at radius 2 is 2.16 bits per heavy atom. The Morgan fingerprint density at radius 1 is 1.42 bits per heavy atom. The summed E-state index contributed by atoms with van der Waals surface area (Å²) in [5.41, 5.74) is 7.15. The molecule has 1 aliphatic heterocycles. The van der Waals surface area contributed by atoms with E-state index < -0.39 is 0 Å². The molecule has 1 heterocycles. The second-order valence-electron chi connectivity index (χ2n) is 5.52. The third kappa shape index (κ3) is 2.96. The van der Waals surface area contributed by atoms with Crippen molar-refractivity contribution in [3.05, 3.63) is 35.4 Å². The molecule has 1 aromatic rings. The molecular formula is C15H22N2O2. The molecule has 19 heavy (non-hydrogen) atoms. The lowest BCUT2D eigenvalue weighted by Crippen LogP contribution is -2.55. The number of carbonyl (C=O) groups is 1. The number of ether oxygens (including phenoxy) is 1. The van der Waals surface area contributed by atoms with Crippen LogP contribution in [0, 0.1) is 0 Å². The van der Waals surface area contributed by atoms with Crippen LogP contribution >= 0.6 is 0 Å². The minimum atomic E-state index is -0.259. The topological polar surface area (TPSA) is 55.6 Å². The average molecular weight is 262 g/mol. The zero-order valence-electron chi connectivity index (χ0n) is 11.7. The Bertz CT molecular complexity index is 457. The van der Waals surface area contributed by atoms with Gasteiger partial charge in [0, 0.05) is 12.1 Å². The number of morpholine rings is 1. The van der Waals surface area contributed by atoms with Gasteiger partial charge in [0.25, 0.3) is 5.91 Å². The van der Waals surface area contributed by atoms with Crippen molar-refractivity contribution >= 4 is 5.91 Å². The largest absolute Gasteiger partial charge is 0.377 e. The standard InChI is InChI=1S/C15H22N2O2/c1-15(2)11-19-10-9-17(15)14(18)13-6-4-3-5-12(13)7-8-16/h3-6H,7-11,16H2,1-2H3. The number of rotatable bonds is 3. The molecule has 4 heteroatoms. The molecule has 0 spiro atoms. The van der Waals surface area contributed by atoms with Crippen LogP contribution in [-0.2, 0) is 11.2 Å². The van der Waals surface area contributed by atoms with Gasteiger partial charge in [-0.1, -0.05) is 18.2 Å². The maximum absolute atomic E-state index is 12.7. The Kier molecular flexibility index (Phi) is 4.22. The van der Waals surface area contributed by atoms with Crippen LogP contribution in [0.25, 0.3) is 0 Å². The average Bonchev–Trinajstić information content (AvgIpc) is 2.38. The second-order valence-corrected chi connectivity index (χ2v) is 5.52. The summed E-state index contributed by atoms with van der Waals surface area (Å²) in [5.74, 6) is 0.0809. The van der Waals surface area contributed by atoms with Crippen molar-refractivity contribution in [1.82, 2.24) is 4.90 Å². The molecule has 1 saturated heterocycles. The highest BCUT2D eigenvalue weighted by Gasteiger charge is 2.35. The van der Waals surface area contributed by atoms with Crippen LogP contribution in [-0.4, -0.2) is 42.6 Å². The van der Waals surface area contributed by atoms with Crippen molar-refractivity contribution in [3.63, 3.8) is 0 Å². The smallest absolute Gasteiger partial charge is 0.254 e. The van der Waals surface area contributed by atoms with Crippen LogP contribution in [0.2, 0.25) is 0 Å². The lowest BCUT2D eigenvalue weighted by atomic mass is 9.98. The van der Waals surface area contributed by atoms with E-state index in [2.05, 4.69) is 0 Å². The normalized spacial score (nSPS) is 18.4. The number of carbonyl (C=O) groups excluding carboxylic acids is 1. The van der Waals surface area contributed by atoms with Crippen LogP contribution in [0.3, 0.4) is 0 Å². The summed E-state index contributed by atoms with van der Waals surface area (Å²) < 4.78 is 5.46. The van der Waals surface area contributed by atoms with Gasteiger partial charge in [-0.15, -0.1) is 0 Å². The first kappa shape index (κ1) is 14.0. The molecule has 0 bridgehead atoms. The van der Waals surface area contributed by atoms with Crippen molar-refractivity contribution in [2.45, 2.75) is 25.8 Å². The molecule has 0 saturated carbocycles. The highest BCUT2D eigenvalue weighted by Crippen LogP contribution is 2.23. The highest BCUT2D eigenvalue weighted by atomic mass is 16.5. The highest BCUT2D eigenvalue weighted by molar-refractivity contribution is 5.96. The molecular weight excluding hydrogens is 240 g/mol. The molecule has 1 aliphatic rings. The van der Waals surface area contributed by atoms with Gasteiger partial charge in [0.05, 0.1) is 18.8 Å². The van der Waals surface area contributed by atoms with E-state index in [-0.39, 0.29) is 11.4 Å². The third-order valence-corrected chi connectivity index (χ3v) is 3.55. The van der Waals surface area contributed by atoms with Crippen LogP contribution < -0.4 is 5.73 Å². The fourth-order valence-electron chi connectivity index (χ4n) is 2.48. The van der Waals surface area contributed by atoms with E-state index in [0.29, 0.717) is 26.3 Å². The maximum Gasteiger partial charge on any atom is 0.254 e. The summed E-state index contributed by atoms with van der Waals surface area (Å²) in [6.45, 7) is 6.46. The zero-order chi connectivity index (χ0) is 13.9. The Hall–Kier alpha value is -1.39. The molecule has 0 aromatic heterocycles. The number of hydrogen-bond donors (Lipinski definition) is 1. The van der Waals surface area contributed by atoms with Gasteiger partial charge in [0.2, 0.25) is 0 Å². The van der Waals surface area contributed by atoms with E-state index in [1.165, 1.54) is 0 Å². The molecule has 2 N–H and O–H groups in total. The zero-order valence-corrected chi connectivity index (χ0v) is 11.7. The Labute approximate surface area is 114 Å². The van der Waals surface area contributed by atoms with Crippen LogP contribution in [0.5, 0.6) is 0 Å². The number of amides is 1. The summed E-state index contributed by atoms with van der Waals surface area (Å²) in [7, 11) is 0. The van der Waals surface area contributed by atoms with Crippen LogP contribution in [0.15, 0.2) is 24.3 Å². The number of hydrogen-bond acceptors (Lipinski definition) is 3. The van der Waals surface area contributed by atoms with E-state index in [1.807, 2.05) is 43.0 Å². The fraction of sp³-hybridized carbons (Fsp3) is 0.533. The van der Waals surface area contributed by atoms with Crippen molar-refractivity contribution in [1.29, 1.82) is 0 Å². The first-order valence-electron chi connectivity index (χ1n) is 6.74. The summed E-state index contributed by atoms with van der Waals surface area (Å²) >= 11 is 0. The van der Waals surface area contributed by atoms with Gasteiger partial charge < -0.3 is 15.4 Å². The van der Waals surface area contributed by atoms with Crippen molar-refractivity contribution in [3.8, 4) is 0 Å². The first-order chi connectivity index (χ1) is 9.06. The second kappa shape index (κ2) is 5.72. The maximum atomic E-state index is 12.7. The van der Waals surface area contributed by atoms with E-state index in [0.717, 1.165) is 17.5 Å².